The second-order valence-electron chi connectivity index (χ2n) is 3.52. The van der Waals surface area contributed by atoms with Gasteiger partial charge in [-0.3, -0.25) is 4.98 Å². The fourth-order valence-corrected chi connectivity index (χ4v) is 0.912. The smallest absolute Gasteiger partial charge is 0.156 e. The zero-order valence-electron chi connectivity index (χ0n) is 7.47. The topological polar surface area (TPSA) is 22.1 Å². The lowest BCUT2D eigenvalue weighted by atomic mass is 10.2. The molecule has 0 saturated heterocycles. The number of hydrogen-bond donors (Lipinski definition) is 0. The second kappa shape index (κ2) is 3.31. The van der Waals surface area contributed by atoms with E-state index in [1.165, 1.54) is 0 Å². The zero-order valence-corrected chi connectivity index (χ0v) is 8.22. The summed E-state index contributed by atoms with van der Waals surface area (Å²) in [5.41, 5.74) is -0.229. The summed E-state index contributed by atoms with van der Waals surface area (Å²) in [7, 11) is 0. The Morgan fingerprint density at radius 3 is 2.58 bits per heavy atom. The average molecular weight is 186 g/mol. The van der Waals surface area contributed by atoms with Crippen LogP contribution in [0, 0.1) is 0 Å². The third-order valence-corrected chi connectivity index (χ3v) is 1.46. The van der Waals surface area contributed by atoms with Crippen LogP contribution in [0.3, 0.4) is 0 Å². The van der Waals surface area contributed by atoms with Gasteiger partial charge in [0.05, 0.1) is 11.2 Å². The molecule has 1 rings (SSSR count). The number of ether oxygens (including phenoxy) is 1. The number of nitrogens with zero attached hydrogens (tertiary/aromatic N) is 1. The van der Waals surface area contributed by atoms with E-state index in [-0.39, 0.29) is 5.60 Å². The van der Waals surface area contributed by atoms with Crippen molar-refractivity contribution in [1.82, 2.24) is 4.98 Å². The van der Waals surface area contributed by atoms with Crippen molar-refractivity contribution >= 4 is 11.6 Å². The highest BCUT2D eigenvalue weighted by molar-refractivity contribution is 6.31. The van der Waals surface area contributed by atoms with E-state index in [0.29, 0.717) is 10.8 Å². The summed E-state index contributed by atoms with van der Waals surface area (Å²) in [5.74, 6) is 0.631. The first-order chi connectivity index (χ1) is 5.49. The van der Waals surface area contributed by atoms with Gasteiger partial charge in [0.15, 0.2) is 5.75 Å². The molecule has 3 heteroatoms. The first-order valence-electron chi connectivity index (χ1n) is 3.77. The normalized spacial score (nSPS) is 11.3. The number of rotatable bonds is 1. The van der Waals surface area contributed by atoms with Crippen LogP contribution in [0.1, 0.15) is 20.8 Å². The molecule has 1 heterocycles. The van der Waals surface area contributed by atoms with Crippen LogP contribution >= 0.6 is 11.6 Å². The van der Waals surface area contributed by atoms with Gasteiger partial charge in [0.2, 0.25) is 0 Å². The van der Waals surface area contributed by atoms with Gasteiger partial charge in [-0.15, -0.1) is 0 Å². The van der Waals surface area contributed by atoms with E-state index in [1.807, 2.05) is 20.8 Å². The fraction of sp³-hybridized carbons (Fsp3) is 0.444. The van der Waals surface area contributed by atoms with Crippen molar-refractivity contribution in [3.63, 3.8) is 0 Å². The first-order valence-corrected chi connectivity index (χ1v) is 4.15. The Bertz CT molecular complexity index is 267. The Morgan fingerprint density at radius 1 is 1.42 bits per heavy atom. The van der Waals surface area contributed by atoms with E-state index in [9.17, 15) is 0 Å². The minimum atomic E-state index is -0.229. The van der Waals surface area contributed by atoms with Gasteiger partial charge in [0.1, 0.15) is 5.60 Å². The fourth-order valence-electron chi connectivity index (χ4n) is 0.768. The minimum Gasteiger partial charge on any atom is -0.485 e. The van der Waals surface area contributed by atoms with E-state index in [1.54, 1.807) is 18.5 Å². The lowest BCUT2D eigenvalue weighted by Crippen LogP contribution is -2.23. The highest BCUT2D eigenvalue weighted by atomic mass is 35.5. The summed E-state index contributed by atoms with van der Waals surface area (Å²) < 4.78 is 5.54. The average Bonchev–Trinajstić information content (AvgIpc) is 1.91. The maximum atomic E-state index is 5.87. The van der Waals surface area contributed by atoms with E-state index < -0.39 is 0 Å². The number of hydrogen-bond acceptors (Lipinski definition) is 2. The van der Waals surface area contributed by atoms with Crippen molar-refractivity contribution in [2.45, 2.75) is 26.4 Å². The number of aromatic nitrogens is 1. The molecule has 0 N–H and O–H groups in total. The summed E-state index contributed by atoms with van der Waals surface area (Å²) in [4.78, 5) is 3.92. The zero-order chi connectivity index (χ0) is 9.19. The second-order valence-corrected chi connectivity index (χ2v) is 3.93. The van der Waals surface area contributed by atoms with E-state index in [4.69, 9.17) is 16.3 Å². The Hall–Kier alpha value is -0.760. The third-order valence-electron chi connectivity index (χ3n) is 1.15. The molecular weight excluding hydrogens is 174 g/mol. The van der Waals surface area contributed by atoms with Gasteiger partial charge < -0.3 is 4.74 Å². The maximum absolute atomic E-state index is 5.87. The van der Waals surface area contributed by atoms with Gasteiger partial charge >= 0.3 is 0 Å². The molecule has 0 bridgehead atoms. The molecule has 0 aromatic carbocycles. The molecule has 1 aromatic heterocycles. The minimum absolute atomic E-state index is 0.229. The number of pyridine rings is 1. The Balaban J connectivity index is 2.83. The standard InChI is InChI=1S/C9H12ClNO/c1-9(2,3)12-8-6-11-5-4-7(8)10/h4-6H,1-3H3. The molecule has 0 aliphatic rings. The van der Waals surface area contributed by atoms with E-state index in [2.05, 4.69) is 4.98 Å². The van der Waals surface area contributed by atoms with Crippen molar-refractivity contribution in [3.8, 4) is 5.75 Å². The van der Waals surface area contributed by atoms with Crippen LogP contribution in [0.25, 0.3) is 0 Å². The molecule has 2 nitrogen and oxygen atoms in total. The van der Waals surface area contributed by atoms with Crippen LogP contribution in [-0.2, 0) is 0 Å². The van der Waals surface area contributed by atoms with Crippen molar-refractivity contribution < 1.29 is 4.74 Å². The summed E-state index contributed by atoms with van der Waals surface area (Å²) in [6.07, 6.45) is 3.26. The SMILES string of the molecule is CC(C)(C)Oc1cnccc1Cl. The molecule has 66 valence electrons. The number of halogens is 1. The molecule has 12 heavy (non-hydrogen) atoms. The van der Waals surface area contributed by atoms with E-state index >= 15 is 0 Å². The monoisotopic (exact) mass is 185 g/mol. The summed E-state index contributed by atoms with van der Waals surface area (Å²) >= 11 is 5.87. The van der Waals surface area contributed by atoms with Crippen molar-refractivity contribution in [2.24, 2.45) is 0 Å². The summed E-state index contributed by atoms with van der Waals surface area (Å²) in [6.45, 7) is 5.91. The molecule has 0 atom stereocenters. The van der Waals surface area contributed by atoms with Gasteiger partial charge in [-0.05, 0) is 26.8 Å². The van der Waals surface area contributed by atoms with Crippen LogP contribution in [0.15, 0.2) is 18.5 Å². The quantitative estimate of drug-likeness (QED) is 0.671. The van der Waals surface area contributed by atoms with Crippen LogP contribution < -0.4 is 4.74 Å². The maximum Gasteiger partial charge on any atom is 0.156 e. The van der Waals surface area contributed by atoms with Crippen LogP contribution in [0.5, 0.6) is 5.75 Å². The molecule has 0 aliphatic heterocycles. The Kier molecular flexibility index (Phi) is 2.58. The predicted molar refractivity (Wildman–Crippen MR) is 49.6 cm³/mol. The molecule has 1 aromatic rings. The lowest BCUT2D eigenvalue weighted by molar-refractivity contribution is 0.130. The third kappa shape index (κ3) is 2.70. The van der Waals surface area contributed by atoms with Gasteiger partial charge in [-0.25, -0.2) is 0 Å². The van der Waals surface area contributed by atoms with Gasteiger partial charge in [0.25, 0.3) is 0 Å². The lowest BCUT2D eigenvalue weighted by Gasteiger charge is -2.21. The predicted octanol–water partition coefficient (Wildman–Crippen LogP) is 2.91. The van der Waals surface area contributed by atoms with Gasteiger partial charge in [0, 0.05) is 6.20 Å². The molecule has 0 spiro atoms. The van der Waals surface area contributed by atoms with Gasteiger partial charge in [-0.2, -0.15) is 0 Å². The largest absolute Gasteiger partial charge is 0.485 e. The van der Waals surface area contributed by atoms with Crippen molar-refractivity contribution in [3.05, 3.63) is 23.5 Å². The molecule has 0 fully saturated rings. The van der Waals surface area contributed by atoms with Gasteiger partial charge in [-0.1, -0.05) is 11.6 Å². The summed E-state index contributed by atoms with van der Waals surface area (Å²) in [5, 5.41) is 0.597. The van der Waals surface area contributed by atoms with Crippen LogP contribution in [0.2, 0.25) is 5.02 Å². The molecule has 0 aliphatic carbocycles. The summed E-state index contributed by atoms with van der Waals surface area (Å²) in [6, 6.07) is 1.71. The van der Waals surface area contributed by atoms with Crippen LogP contribution in [0.4, 0.5) is 0 Å². The van der Waals surface area contributed by atoms with E-state index in [0.717, 1.165) is 0 Å². The molecule has 0 amide bonds. The molecular formula is C9H12ClNO. The Morgan fingerprint density at radius 2 is 2.08 bits per heavy atom. The molecule has 0 radical (unpaired) electrons. The van der Waals surface area contributed by atoms with Crippen molar-refractivity contribution in [2.75, 3.05) is 0 Å². The van der Waals surface area contributed by atoms with Crippen LogP contribution in [-0.4, -0.2) is 10.6 Å². The highest BCUT2D eigenvalue weighted by Crippen LogP contribution is 2.25. The first kappa shape index (κ1) is 9.33. The molecule has 0 saturated carbocycles. The van der Waals surface area contributed by atoms with Crippen molar-refractivity contribution in [1.29, 1.82) is 0 Å². The highest BCUT2D eigenvalue weighted by Gasteiger charge is 2.13. The Labute approximate surface area is 77.5 Å². The molecule has 0 unspecified atom stereocenters.